The number of carbonyl (C=O) groups is 3. The molecule has 0 heterocycles. The van der Waals surface area contributed by atoms with Crippen LogP contribution in [0.1, 0.15) is 38.5 Å². The van der Waals surface area contributed by atoms with Crippen LogP contribution >= 0.6 is 0 Å². The molecule has 1 aliphatic carbocycles. The first kappa shape index (κ1) is 17.2. The molecule has 120 valence electrons. The van der Waals surface area contributed by atoms with E-state index in [1.165, 1.54) is 11.9 Å². The van der Waals surface area contributed by atoms with Gasteiger partial charge in [0, 0.05) is 13.5 Å². The Kier molecular flexibility index (Phi) is 6.41. The van der Waals surface area contributed by atoms with Crippen molar-refractivity contribution in [2.45, 2.75) is 56.7 Å². The first-order chi connectivity index (χ1) is 9.82. The van der Waals surface area contributed by atoms with Crippen LogP contribution < -0.4 is 11.1 Å². The summed E-state index contributed by atoms with van der Waals surface area (Å²) < 4.78 is 0. The van der Waals surface area contributed by atoms with E-state index >= 15 is 0 Å². The summed E-state index contributed by atoms with van der Waals surface area (Å²) in [6.45, 7) is 0. The van der Waals surface area contributed by atoms with Gasteiger partial charge in [-0.15, -0.1) is 0 Å². The maximum Gasteiger partial charge on any atom is 0.326 e. The largest absolute Gasteiger partial charge is 0.480 e. The van der Waals surface area contributed by atoms with Crippen molar-refractivity contribution < 1.29 is 24.6 Å². The molecule has 3 atom stereocenters. The number of amides is 3. The Morgan fingerprint density at radius 3 is 2.48 bits per heavy atom. The van der Waals surface area contributed by atoms with Crippen LogP contribution in [-0.4, -0.2) is 58.3 Å². The Bertz CT molecular complexity index is 401. The Labute approximate surface area is 123 Å². The van der Waals surface area contributed by atoms with Crippen LogP contribution in [0.15, 0.2) is 0 Å². The van der Waals surface area contributed by atoms with Crippen LogP contribution in [0.4, 0.5) is 4.79 Å². The molecule has 0 aromatic carbocycles. The number of carbonyl (C=O) groups excluding carboxylic acids is 2. The van der Waals surface area contributed by atoms with Gasteiger partial charge in [0.1, 0.15) is 6.04 Å². The van der Waals surface area contributed by atoms with E-state index in [-0.39, 0.29) is 18.9 Å². The normalized spacial score (nSPS) is 23.1. The number of aliphatic carboxylic acids is 1. The summed E-state index contributed by atoms with van der Waals surface area (Å²) in [5, 5.41) is 21.3. The summed E-state index contributed by atoms with van der Waals surface area (Å²) >= 11 is 0. The van der Waals surface area contributed by atoms with E-state index in [1.54, 1.807) is 0 Å². The van der Waals surface area contributed by atoms with Crippen LogP contribution in [0.2, 0.25) is 0 Å². The Morgan fingerprint density at radius 2 is 1.95 bits per heavy atom. The second-order valence-electron chi connectivity index (χ2n) is 5.38. The van der Waals surface area contributed by atoms with E-state index in [9.17, 15) is 19.5 Å². The molecule has 8 nitrogen and oxygen atoms in total. The predicted molar refractivity (Wildman–Crippen MR) is 74.4 cm³/mol. The lowest BCUT2D eigenvalue weighted by atomic mass is 9.92. The molecule has 3 amide bonds. The number of nitrogens with two attached hydrogens (primary N) is 1. The highest BCUT2D eigenvalue weighted by molar-refractivity contribution is 5.83. The maximum atomic E-state index is 12.1. The second kappa shape index (κ2) is 7.82. The molecule has 8 heteroatoms. The highest BCUT2D eigenvalue weighted by Gasteiger charge is 2.31. The fraction of sp³-hybridized carbons (Fsp3) is 0.769. The maximum absolute atomic E-state index is 12.1. The van der Waals surface area contributed by atoms with Gasteiger partial charge in [0.2, 0.25) is 5.91 Å². The van der Waals surface area contributed by atoms with Crippen molar-refractivity contribution >= 4 is 17.9 Å². The molecular weight excluding hydrogens is 278 g/mol. The molecule has 3 unspecified atom stereocenters. The average Bonchev–Trinajstić information content (AvgIpc) is 2.42. The van der Waals surface area contributed by atoms with Crippen LogP contribution in [-0.2, 0) is 9.59 Å². The van der Waals surface area contributed by atoms with E-state index in [4.69, 9.17) is 10.8 Å². The monoisotopic (exact) mass is 301 g/mol. The second-order valence-corrected chi connectivity index (χ2v) is 5.38. The van der Waals surface area contributed by atoms with Gasteiger partial charge in [0.25, 0.3) is 0 Å². The molecule has 1 saturated carbocycles. The number of carboxylic acid groups (broad SMARTS) is 1. The van der Waals surface area contributed by atoms with E-state index in [0.717, 1.165) is 12.8 Å². The molecule has 0 aromatic heterocycles. The number of primary amides is 1. The van der Waals surface area contributed by atoms with Crippen molar-refractivity contribution in [3.05, 3.63) is 0 Å². The molecular formula is C13H23N3O5. The first-order valence-electron chi connectivity index (χ1n) is 7.05. The van der Waals surface area contributed by atoms with E-state index in [2.05, 4.69) is 5.32 Å². The van der Waals surface area contributed by atoms with E-state index < -0.39 is 30.1 Å². The SMILES string of the molecule is CN(C(=O)NC(CCC(N)=O)C(=O)O)C1CCCCC1O. The number of aliphatic hydroxyl groups is 1. The molecule has 1 rings (SSSR count). The summed E-state index contributed by atoms with van der Waals surface area (Å²) in [6.07, 6.45) is 2.39. The van der Waals surface area contributed by atoms with Gasteiger partial charge >= 0.3 is 12.0 Å². The van der Waals surface area contributed by atoms with E-state index in [1.807, 2.05) is 0 Å². The minimum atomic E-state index is -1.22. The number of urea groups is 1. The summed E-state index contributed by atoms with van der Waals surface area (Å²) in [4.78, 5) is 35.2. The molecule has 5 N–H and O–H groups in total. The molecule has 1 fully saturated rings. The van der Waals surface area contributed by atoms with Crippen molar-refractivity contribution in [2.75, 3.05) is 7.05 Å². The summed E-state index contributed by atoms with van der Waals surface area (Å²) in [7, 11) is 1.53. The number of nitrogens with zero attached hydrogens (tertiary/aromatic N) is 1. The standard InChI is InChI=1S/C13H23N3O5/c1-16(9-4-2-3-5-10(9)17)13(21)15-8(12(19)20)6-7-11(14)18/h8-10,17H,2-7H2,1H3,(H2,14,18)(H,15,21)(H,19,20). The van der Waals surface area contributed by atoms with Gasteiger partial charge in [0.15, 0.2) is 0 Å². The van der Waals surface area contributed by atoms with E-state index in [0.29, 0.717) is 12.8 Å². The smallest absolute Gasteiger partial charge is 0.326 e. The van der Waals surface area contributed by atoms with Crippen LogP contribution in [0.25, 0.3) is 0 Å². The van der Waals surface area contributed by atoms with Gasteiger partial charge in [-0.05, 0) is 19.3 Å². The topological polar surface area (TPSA) is 133 Å². The Hall–Kier alpha value is -1.83. The lowest BCUT2D eigenvalue weighted by Gasteiger charge is -2.35. The third kappa shape index (κ3) is 5.22. The summed E-state index contributed by atoms with van der Waals surface area (Å²) in [5.41, 5.74) is 4.98. The van der Waals surface area contributed by atoms with Gasteiger partial charge in [-0.2, -0.15) is 0 Å². The number of nitrogens with one attached hydrogen (secondary N) is 1. The Morgan fingerprint density at radius 1 is 1.33 bits per heavy atom. The van der Waals surface area contributed by atoms with Crippen molar-refractivity contribution in [3.63, 3.8) is 0 Å². The average molecular weight is 301 g/mol. The summed E-state index contributed by atoms with van der Waals surface area (Å²) in [5.74, 6) is -1.84. The van der Waals surface area contributed by atoms with Gasteiger partial charge < -0.3 is 26.2 Å². The molecule has 0 radical (unpaired) electrons. The summed E-state index contributed by atoms with van der Waals surface area (Å²) in [6, 6.07) is -2.06. The molecule has 0 bridgehead atoms. The molecule has 21 heavy (non-hydrogen) atoms. The molecule has 0 aromatic rings. The van der Waals surface area contributed by atoms with Crippen molar-refractivity contribution in [3.8, 4) is 0 Å². The van der Waals surface area contributed by atoms with Gasteiger partial charge in [0.05, 0.1) is 12.1 Å². The van der Waals surface area contributed by atoms with Crippen LogP contribution in [0.5, 0.6) is 0 Å². The van der Waals surface area contributed by atoms with Crippen molar-refractivity contribution in [1.29, 1.82) is 0 Å². The highest BCUT2D eigenvalue weighted by atomic mass is 16.4. The number of carboxylic acids is 1. The van der Waals surface area contributed by atoms with Gasteiger partial charge in [-0.25, -0.2) is 9.59 Å². The van der Waals surface area contributed by atoms with Crippen molar-refractivity contribution in [2.24, 2.45) is 5.73 Å². The van der Waals surface area contributed by atoms with Gasteiger partial charge in [-0.1, -0.05) is 12.8 Å². The lowest BCUT2D eigenvalue weighted by Crippen LogP contribution is -2.53. The zero-order valence-corrected chi connectivity index (χ0v) is 12.1. The quantitative estimate of drug-likeness (QED) is 0.532. The fourth-order valence-corrected chi connectivity index (χ4v) is 2.49. The lowest BCUT2D eigenvalue weighted by molar-refractivity contribution is -0.139. The zero-order valence-electron chi connectivity index (χ0n) is 12.1. The molecule has 0 spiro atoms. The highest BCUT2D eigenvalue weighted by Crippen LogP contribution is 2.22. The third-order valence-corrected chi connectivity index (χ3v) is 3.79. The minimum Gasteiger partial charge on any atom is -0.480 e. The number of hydrogen-bond donors (Lipinski definition) is 4. The fourth-order valence-electron chi connectivity index (χ4n) is 2.49. The number of rotatable bonds is 6. The van der Waals surface area contributed by atoms with Crippen LogP contribution in [0, 0.1) is 0 Å². The minimum absolute atomic E-state index is 0.0581. The van der Waals surface area contributed by atoms with Gasteiger partial charge in [-0.3, -0.25) is 4.79 Å². The predicted octanol–water partition coefficient (Wildman–Crippen LogP) is -0.350. The third-order valence-electron chi connectivity index (χ3n) is 3.79. The molecule has 0 aliphatic heterocycles. The number of hydrogen-bond acceptors (Lipinski definition) is 4. The first-order valence-corrected chi connectivity index (χ1v) is 7.05. The number of aliphatic hydroxyl groups excluding tert-OH is 1. The van der Waals surface area contributed by atoms with Crippen LogP contribution in [0.3, 0.4) is 0 Å². The number of likely N-dealkylation sites (N-methyl/N-ethyl adjacent to an activating group) is 1. The van der Waals surface area contributed by atoms with Crippen molar-refractivity contribution in [1.82, 2.24) is 10.2 Å². The molecule has 0 saturated heterocycles. The molecule has 1 aliphatic rings. The zero-order chi connectivity index (χ0) is 16.0. The Balaban J connectivity index is 2.59.